The maximum Gasteiger partial charge on any atom is 0.410 e. The third-order valence-corrected chi connectivity index (χ3v) is 3.62. The molecule has 23 heavy (non-hydrogen) atoms. The Bertz CT molecular complexity index is 379. The number of likely N-dealkylation sites (tertiary alicyclic amines) is 1. The smallest absolute Gasteiger partial charge is 0.410 e. The number of nitrogens with zero attached hydrogens (tertiary/aromatic N) is 1. The molecule has 1 aliphatic heterocycles. The molecular formula is C17H32N2O4. The molecule has 1 fully saturated rings. The first-order chi connectivity index (χ1) is 10.8. The lowest BCUT2D eigenvalue weighted by Crippen LogP contribution is -2.49. The van der Waals surface area contributed by atoms with Crippen LogP contribution in [0, 0.1) is 0 Å². The summed E-state index contributed by atoms with van der Waals surface area (Å²) >= 11 is 0. The lowest BCUT2D eigenvalue weighted by molar-refractivity contribution is -0.143. The maximum absolute atomic E-state index is 12.1. The van der Waals surface area contributed by atoms with Crippen LogP contribution >= 0.6 is 0 Å². The highest BCUT2D eigenvalue weighted by Gasteiger charge is 2.27. The van der Waals surface area contributed by atoms with E-state index in [0.29, 0.717) is 25.6 Å². The van der Waals surface area contributed by atoms with Crippen LogP contribution in [0.15, 0.2) is 0 Å². The lowest BCUT2D eigenvalue weighted by Gasteiger charge is -2.34. The van der Waals surface area contributed by atoms with E-state index >= 15 is 0 Å². The van der Waals surface area contributed by atoms with Gasteiger partial charge in [-0.25, -0.2) is 4.79 Å². The van der Waals surface area contributed by atoms with Crippen molar-refractivity contribution in [2.75, 3.05) is 26.2 Å². The molecule has 1 rings (SSSR count). The summed E-state index contributed by atoms with van der Waals surface area (Å²) in [5.74, 6) is -0.124. The number of esters is 1. The molecule has 0 aromatic carbocycles. The number of rotatable bonds is 7. The molecule has 0 aromatic heterocycles. The van der Waals surface area contributed by atoms with Gasteiger partial charge in [0.1, 0.15) is 5.60 Å². The second-order valence-corrected chi connectivity index (χ2v) is 6.98. The molecule has 6 nitrogen and oxygen atoms in total. The summed E-state index contributed by atoms with van der Waals surface area (Å²) in [6.45, 7) is 10.2. The molecule has 1 atom stereocenters. The Labute approximate surface area is 139 Å². The Morgan fingerprint density at radius 1 is 1.26 bits per heavy atom. The topological polar surface area (TPSA) is 67.9 Å². The molecule has 0 aromatic rings. The van der Waals surface area contributed by atoms with Gasteiger partial charge in [0.15, 0.2) is 0 Å². The number of ether oxygens (including phenoxy) is 2. The van der Waals surface area contributed by atoms with Gasteiger partial charge in [0.05, 0.1) is 6.61 Å². The van der Waals surface area contributed by atoms with E-state index in [4.69, 9.17) is 9.47 Å². The highest BCUT2D eigenvalue weighted by Crippen LogP contribution is 2.15. The first-order valence-electron chi connectivity index (χ1n) is 8.68. The van der Waals surface area contributed by atoms with E-state index in [-0.39, 0.29) is 12.1 Å². The fraction of sp³-hybridized carbons (Fsp3) is 0.882. The SMILES string of the molecule is CCOC(=O)CCCCNC1CCCN(C(=O)OC(C)(C)C)C1. The van der Waals surface area contributed by atoms with E-state index in [1.54, 1.807) is 4.90 Å². The van der Waals surface area contributed by atoms with Crippen molar-refractivity contribution in [2.45, 2.75) is 71.4 Å². The van der Waals surface area contributed by atoms with E-state index in [0.717, 1.165) is 38.8 Å². The number of amides is 1. The van der Waals surface area contributed by atoms with Crippen LogP contribution in [0.25, 0.3) is 0 Å². The fourth-order valence-corrected chi connectivity index (χ4v) is 2.57. The number of carbonyl (C=O) groups is 2. The van der Waals surface area contributed by atoms with Gasteiger partial charge in [-0.3, -0.25) is 4.79 Å². The summed E-state index contributed by atoms with van der Waals surface area (Å²) in [5.41, 5.74) is -0.454. The van der Waals surface area contributed by atoms with Gasteiger partial charge < -0.3 is 19.7 Å². The Balaban J connectivity index is 2.20. The maximum atomic E-state index is 12.1. The quantitative estimate of drug-likeness (QED) is 0.575. The number of hydrogen-bond donors (Lipinski definition) is 1. The molecular weight excluding hydrogens is 296 g/mol. The van der Waals surface area contributed by atoms with Gasteiger partial charge in [-0.1, -0.05) is 0 Å². The molecule has 134 valence electrons. The molecule has 0 radical (unpaired) electrons. The second-order valence-electron chi connectivity index (χ2n) is 6.98. The van der Waals surface area contributed by atoms with E-state index in [1.165, 1.54) is 0 Å². The number of nitrogens with one attached hydrogen (secondary N) is 1. The molecule has 0 bridgehead atoms. The Morgan fingerprint density at radius 3 is 2.65 bits per heavy atom. The van der Waals surface area contributed by atoms with Gasteiger partial charge in [-0.05, 0) is 59.9 Å². The molecule has 1 aliphatic rings. The predicted octanol–water partition coefficient (Wildman–Crippen LogP) is 2.71. The minimum absolute atomic E-state index is 0.124. The van der Waals surface area contributed by atoms with E-state index < -0.39 is 5.60 Å². The van der Waals surface area contributed by atoms with Crippen molar-refractivity contribution >= 4 is 12.1 Å². The summed E-state index contributed by atoms with van der Waals surface area (Å²) < 4.78 is 10.3. The number of piperidine rings is 1. The van der Waals surface area contributed by atoms with Crippen LogP contribution in [0.2, 0.25) is 0 Å². The summed E-state index contributed by atoms with van der Waals surface area (Å²) in [6.07, 6.45) is 4.06. The summed E-state index contributed by atoms with van der Waals surface area (Å²) in [6, 6.07) is 0.305. The zero-order valence-electron chi connectivity index (χ0n) is 15.0. The van der Waals surface area contributed by atoms with Gasteiger partial charge in [0.2, 0.25) is 0 Å². The first-order valence-corrected chi connectivity index (χ1v) is 8.68. The lowest BCUT2D eigenvalue weighted by atomic mass is 10.1. The van der Waals surface area contributed by atoms with E-state index in [9.17, 15) is 9.59 Å². The van der Waals surface area contributed by atoms with Crippen molar-refractivity contribution < 1.29 is 19.1 Å². The average molecular weight is 328 g/mol. The van der Waals surface area contributed by atoms with Crippen LogP contribution in [-0.4, -0.2) is 54.8 Å². The largest absolute Gasteiger partial charge is 0.466 e. The van der Waals surface area contributed by atoms with Gasteiger partial charge >= 0.3 is 12.1 Å². The monoisotopic (exact) mass is 328 g/mol. The van der Waals surface area contributed by atoms with Crippen molar-refractivity contribution in [3.05, 3.63) is 0 Å². The van der Waals surface area contributed by atoms with E-state index in [1.807, 2.05) is 27.7 Å². The van der Waals surface area contributed by atoms with Gasteiger partial charge in [-0.2, -0.15) is 0 Å². The van der Waals surface area contributed by atoms with Crippen molar-refractivity contribution in [2.24, 2.45) is 0 Å². The standard InChI is InChI=1S/C17H32N2O4/c1-5-22-15(20)10-6-7-11-18-14-9-8-12-19(13-14)16(21)23-17(2,3)4/h14,18H,5-13H2,1-4H3. The number of carbonyl (C=O) groups excluding carboxylic acids is 2. The van der Waals surface area contributed by atoms with Crippen LogP contribution in [-0.2, 0) is 14.3 Å². The summed E-state index contributed by atoms with van der Waals surface area (Å²) in [7, 11) is 0. The third kappa shape index (κ3) is 8.79. The number of unbranched alkanes of at least 4 members (excludes halogenated alkanes) is 1. The van der Waals surface area contributed by atoms with Gasteiger partial charge in [-0.15, -0.1) is 0 Å². The van der Waals surface area contributed by atoms with Crippen LogP contribution in [0.1, 0.15) is 59.8 Å². The third-order valence-electron chi connectivity index (χ3n) is 3.62. The molecule has 0 spiro atoms. The van der Waals surface area contributed by atoms with Crippen molar-refractivity contribution in [1.82, 2.24) is 10.2 Å². The summed E-state index contributed by atoms with van der Waals surface area (Å²) in [4.78, 5) is 25.1. The molecule has 1 heterocycles. The minimum Gasteiger partial charge on any atom is -0.466 e. The Kier molecular flexibility index (Phi) is 8.37. The van der Waals surface area contributed by atoms with E-state index in [2.05, 4.69) is 5.32 Å². The van der Waals surface area contributed by atoms with Crippen molar-refractivity contribution in [3.8, 4) is 0 Å². The number of hydrogen-bond acceptors (Lipinski definition) is 5. The molecule has 6 heteroatoms. The predicted molar refractivity (Wildman–Crippen MR) is 89.3 cm³/mol. The molecule has 1 saturated heterocycles. The van der Waals surface area contributed by atoms with Crippen LogP contribution < -0.4 is 5.32 Å². The van der Waals surface area contributed by atoms with Crippen LogP contribution in [0.5, 0.6) is 0 Å². The molecule has 0 aliphatic carbocycles. The highest BCUT2D eigenvalue weighted by molar-refractivity contribution is 5.69. The minimum atomic E-state index is -0.454. The Hall–Kier alpha value is -1.30. The van der Waals surface area contributed by atoms with Crippen LogP contribution in [0.4, 0.5) is 4.79 Å². The fourth-order valence-electron chi connectivity index (χ4n) is 2.57. The average Bonchev–Trinajstić information content (AvgIpc) is 2.46. The highest BCUT2D eigenvalue weighted by atomic mass is 16.6. The zero-order valence-corrected chi connectivity index (χ0v) is 15.0. The van der Waals surface area contributed by atoms with Crippen LogP contribution in [0.3, 0.4) is 0 Å². The molecule has 0 saturated carbocycles. The Morgan fingerprint density at radius 2 is 2.00 bits per heavy atom. The zero-order chi connectivity index (χ0) is 17.3. The molecule has 1 amide bonds. The van der Waals surface area contributed by atoms with Gasteiger partial charge in [0.25, 0.3) is 0 Å². The van der Waals surface area contributed by atoms with Crippen molar-refractivity contribution in [3.63, 3.8) is 0 Å². The normalized spacial score (nSPS) is 18.6. The van der Waals surface area contributed by atoms with Gasteiger partial charge in [0, 0.05) is 25.6 Å². The van der Waals surface area contributed by atoms with Crippen molar-refractivity contribution in [1.29, 1.82) is 0 Å². The second kappa shape index (κ2) is 9.75. The first kappa shape index (κ1) is 19.7. The summed E-state index contributed by atoms with van der Waals surface area (Å²) in [5, 5.41) is 3.47. The molecule has 1 unspecified atom stereocenters. The molecule has 1 N–H and O–H groups in total.